The lowest BCUT2D eigenvalue weighted by atomic mass is 10.1. The second kappa shape index (κ2) is 4.05. The second-order valence-electron chi connectivity index (χ2n) is 2.98. The van der Waals surface area contributed by atoms with Crippen LogP contribution in [0.3, 0.4) is 0 Å². The van der Waals surface area contributed by atoms with Crippen LogP contribution >= 0.6 is 0 Å². The number of carbonyl (C=O) groups is 2. The molecule has 1 heterocycles. The normalized spacial score (nSPS) is 9.88. The molecular formula is C9H10N2O5. The number of aromatic carboxylic acids is 2. The van der Waals surface area contributed by atoms with Crippen LogP contribution in [-0.4, -0.2) is 34.2 Å². The van der Waals surface area contributed by atoms with Crippen LogP contribution in [0.5, 0.6) is 5.88 Å². The molecule has 0 bridgehead atoms. The van der Waals surface area contributed by atoms with E-state index in [4.69, 9.17) is 20.7 Å². The molecule has 0 saturated carbocycles. The lowest BCUT2D eigenvalue weighted by Crippen LogP contribution is -2.15. The summed E-state index contributed by atoms with van der Waals surface area (Å²) in [6, 6.07) is 0. The third-order valence-corrected chi connectivity index (χ3v) is 2.01. The zero-order valence-corrected chi connectivity index (χ0v) is 8.64. The van der Waals surface area contributed by atoms with Crippen LogP contribution in [-0.2, 0) is 0 Å². The topological polar surface area (TPSA) is 123 Å². The summed E-state index contributed by atoms with van der Waals surface area (Å²) in [5.41, 5.74) is 4.47. The number of nitrogen functional groups attached to an aromatic ring is 1. The Morgan fingerprint density at radius 2 is 1.75 bits per heavy atom. The van der Waals surface area contributed by atoms with Gasteiger partial charge in [0.1, 0.15) is 11.1 Å². The fourth-order valence-electron chi connectivity index (χ4n) is 1.26. The summed E-state index contributed by atoms with van der Waals surface area (Å²) in [4.78, 5) is 25.6. The number of methoxy groups -OCH3 is 1. The van der Waals surface area contributed by atoms with Gasteiger partial charge in [-0.25, -0.2) is 14.6 Å². The third kappa shape index (κ3) is 1.74. The van der Waals surface area contributed by atoms with Crippen molar-refractivity contribution in [3.05, 3.63) is 16.8 Å². The predicted octanol–water partition coefficient (Wildman–Crippen LogP) is 0.377. The fourth-order valence-corrected chi connectivity index (χ4v) is 1.26. The van der Waals surface area contributed by atoms with Crippen LogP contribution in [0.2, 0.25) is 0 Å². The van der Waals surface area contributed by atoms with Crippen LogP contribution in [0.1, 0.15) is 26.4 Å². The molecule has 0 saturated heterocycles. The van der Waals surface area contributed by atoms with Crippen molar-refractivity contribution in [3.63, 3.8) is 0 Å². The Labute approximate surface area is 90.5 Å². The summed E-state index contributed by atoms with van der Waals surface area (Å²) in [6.45, 7) is 1.47. The summed E-state index contributed by atoms with van der Waals surface area (Å²) in [5, 5.41) is 17.8. The Morgan fingerprint density at radius 3 is 2.12 bits per heavy atom. The van der Waals surface area contributed by atoms with Crippen molar-refractivity contribution in [1.82, 2.24) is 4.98 Å². The molecule has 0 aliphatic heterocycles. The molecule has 4 N–H and O–H groups in total. The van der Waals surface area contributed by atoms with E-state index < -0.39 is 23.1 Å². The Morgan fingerprint density at radius 1 is 1.25 bits per heavy atom. The minimum atomic E-state index is -1.45. The number of nitrogens with two attached hydrogens (primary N) is 1. The molecule has 0 unspecified atom stereocenters. The van der Waals surface area contributed by atoms with E-state index in [0.29, 0.717) is 0 Å². The maximum atomic E-state index is 10.9. The molecule has 1 aromatic rings. The summed E-state index contributed by atoms with van der Waals surface area (Å²) < 4.78 is 4.72. The number of rotatable bonds is 3. The van der Waals surface area contributed by atoms with Gasteiger partial charge in [-0.05, 0) is 6.92 Å². The molecule has 0 spiro atoms. The average molecular weight is 226 g/mol. The highest BCUT2D eigenvalue weighted by molar-refractivity contribution is 6.07. The van der Waals surface area contributed by atoms with Gasteiger partial charge in [-0.15, -0.1) is 0 Å². The SMILES string of the molecule is COc1nc(C)c(N)c(C(=O)O)c1C(=O)O. The Bertz CT molecular complexity index is 469. The molecule has 0 atom stereocenters. The largest absolute Gasteiger partial charge is 0.480 e. The summed E-state index contributed by atoms with van der Waals surface area (Å²) >= 11 is 0. The van der Waals surface area contributed by atoms with Crippen molar-refractivity contribution in [2.75, 3.05) is 12.8 Å². The van der Waals surface area contributed by atoms with E-state index in [9.17, 15) is 9.59 Å². The van der Waals surface area contributed by atoms with Crippen LogP contribution in [0, 0.1) is 6.92 Å². The fraction of sp³-hybridized carbons (Fsp3) is 0.222. The minimum absolute atomic E-state index is 0.175. The summed E-state index contributed by atoms with van der Waals surface area (Å²) in [5.74, 6) is -3.15. The van der Waals surface area contributed by atoms with E-state index in [-0.39, 0.29) is 17.3 Å². The Kier molecular flexibility index (Phi) is 2.98. The predicted molar refractivity (Wildman–Crippen MR) is 53.9 cm³/mol. The maximum absolute atomic E-state index is 10.9. The first-order chi connectivity index (χ1) is 7.40. The first-order valence-corrected chi connectivity index (χ1v) is 4.20. The first-order valence-electron chi connectivity index (χ1n) is 4.20. The highest BCUT2D eigenvalue weighted by Crippen LogP contribution is 2.27. The third-order valence-electron chi connectivity index (χ3n) is 2.01. The zero-order valence-electron chi connectivity index (χ0n) is 8.64. The number of ether oxygens (including phenoxy) is 1. The van der Waals surface area contributed by atoms with Gasteiger partial charge in [0.15, 0.2) is 0 Å². The molecule has 1 rings (SSSR count). The standard InChI is InChI=1S/C9H10N2O5/c1-3-6(10)4(8(12)13)5(9(14)15)7(11-3)16-2/h10H2,1-2H3,(H,12,13)(H,14,15). The molecule has 1 aromatic heterocycles. The lowest BCUT2D eigenvalue weighted by molar-refractivity contribution is 0.0648. The molecule has 86 valence electrons. The molecule has 0 aliphatic carbocycles. The van der Waals surface area contributed by atoms with Gasteiger partial charge in [0.05, 0.1) is 18.5 Å². The summed E-state index contributed by atoms with van der Waals surface area (Å²) in [6.07, 6.45) is 0. The van der Waals surface area contributed by atoms with E-state index in [1.54, 1.807) is 0 Å². The van der Waals surface area contributed by atoms with Crippen molar-refractivity contribution in [1.29, 1.82) is 0 Å². The van der Waals surface area contributed by atoms with Gasteiger partial charge >= 0.3 is 11.9 Å². The first kappa shape index (κ1) is 11.8. The van der Waals surface area contributed by atoms with E-state index in [1.165, 1.54) is 14.0 Å². The van der Waals surface area contributed by atoms with E-state index in [2.05, 4.69) is 4.98 Å². The molecule has 0 amide bonds. The van der Waals surface area contributed by atoms with Crippen molar-refractivity contribution in [3.8, 4) is 5.88 Å². The van der Waals surface area contributed by atoms with Gasteiger partial charge < -0.3 is 20.7 Å². The number of aromatic nitrogens is 1. The van der Waals surface area contributed by atoms with Crippen LogP contribution in [0.4, 0.5) is 5.69 Å². The summed E-state index contributed by atoms with van der Waals surface area (Å²) in [7, 11) is 1.20. The number of pyridine rings is 1. The number of carboxylic acid groups (broad SMARTS) is 2. The van der Waals surface area contributed by atoms with Crippen molar-refractivity contribution in [2.24, 2.45) is 0 Å². The van der Waals surface area contributed by atoms with Gasteiger partial charge in [-0.1, -0.05) is 0 Å². The van der Waals surface area contributed by atoms with Crippen LogP contribution < -0.4 is 10.5 Å². The van der Waals surface area contributed by atoms with E-state index >= 15 is 0 Å². The Hall–Kier alpha value is -2.31. The minimum Gasteiger partial charge on any atom is -0.480 e. The molecule has 7 heteroatoms. The monoisotopic (exact) mass is 226 g/mol. The number of nitrogens with zero attached hydrogens (tertiary/aromatic N) is 1. The molecule has 0 fully saturated rings. The van der Waals surface area contributed by atoms with Gasteiger partial charge in [0.2, 0.25) is 5.88 Å². The van der Waals surface area contributed by atoms with Gasteiger partial charge in [0.25, 0.3) is 0 Å². The van der Waals surface area contributed by atoms with Crippen molar-refractivity contribution < 1.29 is 24.5 Å². The van der Waals surface area contributed by atoms with Crippen molar-refractivity contribution in [2.45, 2.75) is 6.92 Å². The highest BCUT2D eigenvalue weighted by Gasteiger charge is 2.26. The van der Waals surface area contributed by atoms with E-state index in [1.807, 2.05) is 0 Å². The molecular weight excluding hydrogens is 216 g/mol. The highest BCUT2D eigenvalue weighted by atomic mass is 16.5. The maximum Gasteiger partial charge on any atom is 0.342 e. The quantitative estimate of drug-likeness (QED) is 0.680. The van der Waals surface area contributed by atoms with Gasteiger partial charge in [-0.2, -0.15) is 0 Å². The molecule has 0 aliphatic rings. The molecule has 0 aromatic carbocycles. The lowest BCUT2D eigenvalue weighted by Gasteiger charge is -2.11. The molecule has 7 nitrogen and oxygen atoms in total. The van der Waals surface area contributed by atoms with Gasteiger partial charge in [0, 0.05) is 0 Å². The molecule has 16 heavy (non-hydrogen) atoms. The number of carboxylic acids is 2. The van der Waals surface area contributed by atoms with Gasteiger partial charge in [-0.3, -0.25) is 0 Å². The van der Waals surface area contributed by atoms with Crippen LogP contribution in [0.15, 0.2) is 0 Å². The van der Waals surface area contributed by atoms with E-state index in [0.717, 1.165) is 0 Å². The number of hydrogen-bond acceptors (Lipinski definition) is 5. The number of anilines is 1. The molecule has 0 radical (unpaired) electrons. The number of hydrogen-bond donors (Lipinski definition) is 3. The number of aryl methyl sites for hydroxylation is 1. The van der Waals surface area contributed by atoms with Crippen LogP contribution in [0.25, 0.3) is 0 Å². The zero-order chi connectivity index (χ0) is 12.5. The smallest absolute Gasteiger partial charge is 0.342 e. The second-order valence-corrected chi connectivity index (χ2v) is 2.98. The van der Waals surface area contributed by atoms with Crippen molar-refractivity contribution >= 4 is 17.6 Å². The average Bonchev–Trinajstić information content (AvgIpc) is 2.19. The Balaban J connectivity index is 3.71.